The number of benzene rings is 1. The zero-order valence-corrected chi connectivity index (χ0v) is 10.4. The van der Waals surface area contributed by atoms with Gasteiger partial charge in [0.2, 0.25) is 5.95 Å². The largest absolute Gasteiger partial charge is 0.416 e. The molecular weight excluding hydrogens is 285 g/mol. The van der Waals surface area contributed by atoms with Gasteiger partial charge in [0.15, 0.2) is 11.5 Å². The summed E-state index contributed by atoms with van der Waals surface area (Å²) in [6, 6.07) is 4.58. The molecule has 0 bridgehead atoms. The summed E-state index contributed by atoms with van der Waals surface area (Å²) in [5, 5.41) is 2.88. The molecule has 0 aliphatic heterocycles. The first kappa shape index (κ1) is 13.2. The number of aromatic nitrogens is 4. The summed E-state index contributed by atoms with van der Waals surface area (Å²) >= 11 is 0. The van der Waals surface area contributed by atoms with Gasteiger partial charge >= 0.3 is 6.18 Å². The minimum absolute atomic E-state index is 0.0176. The molecule has 0 unspecified atom stereocenters. The van der Waals surface area contributed by atoms with Gasteiger partial charge in [0.25, 0.3) is 0 Å². The lowest BCUT2D eigenvalue weighted by molar-refractivity contribution is -0.137. The Labute approximate surface area is 116 Å². The molecule has 0 fully saturated rings. The standard InChI is InChI=1S/C12H9F3N6/c13-12(14,15)6-1-3-7(4-2-6)19-10-8-9(18-5-17-8)20-11(16)21-10/h1-5H,(H4,16,17,18,19,20,21). The van der Waals surface area contributed by atoms with E-state index in [0.29, 0.717) is 22.7 Å². The number of nitrogen functional groups attached to an aromatic ring is 1. The lowest BCUT2D eigenvalue weighted by Crippen LogP contribution is -2.05. The van der Waals surface area contributed by atoms with Crippen LogP contribution in [0.4, 0.5) is 30.6 Å². The number of H-pyrrole nitrogens is 1. The van der Waals surface area contributed by atoms with Crippen LogP contribution in [0, 0.1) is 0 Å². The van der Waals surface area contributed by atoms with Crippen molar-refractivity contribution in [2.24, 2.45) is 0 Å². The van der Waals surface area contributed by atoms with E-state index in [1.807, 2.05) is 0 Å². The average molecular weight is 294 g/mol. The van der Waals surface area contributed by atoms with E-state index in [-0.39, 0.29) is 5.95 Å². The Balaban J connectivity index is 1.93. The van der Waals surface area contributed by atoms with Gasteiger partial charge < -0.3 is 16.0 Å². The van der Waals surface area contributed by atoms with Gasteiger partial charge in [-0.3, -0.25) is 0 Å². The molecule has 108 valence electrons. The molecule has 0 amide bonds. The lowest BCUT2D eigenvalue weighted by Gasteiger charge is -2.09. The molecule has 0 aliphatic rings. The Morgan fingerprint density at radius 3 is 2.48 bits per heavy atom. The molecule has 0 atom stereocenters. The van der Waals surface area contributed by atoms with Crippen LogP contribution in [-0.4, -0.2) is 19.9 Å². The van der Waals surface area contributed by atoms with Crippen molar-refractivity contribution < 1.29 is 13.2 Å². The molecule has 3 aromatic rings. The second-order valence-corrected chi connectivity index (χ2v) is 4.23. The first-order chi connectivity index (χ1) is 9.93. The normalized spacial score (nSPS) is 11.8. The number of hydrogen-bond acceptors (Lipinski definition) is 5. The third-order valence-electron chi connectivity index (χ3n) is 2.78. The van der Waals surface area contributed by atoms with Crippen LogP contribution in [-0.2, 0) is 6.18 Å². The summed E-state index contributed by atoms with van der Waals surface area (Å²) in [5.74, 6) is 0.360. The van der Waals surface area contributed by atoms with Crippen molar-refractivity contribution in [1.29, 1.82) is 0 Å². The number of anilines is 3. The first-order valence-electron chi connectivity index (χ1n) is 5.84. The molecule has 2 heterocycles. The van der Waals surface area contributed by atoms with Crippen molar-refractivity contribution >= 4 is 28.6 Å². The number of nitrogens with zero attached hydrogens (tertiary/aromatic N) is 3. The Kier molecular flexibility index (Phi) is 2.89. The molecule has 0 aliphatic carbocycles. The van der Waals surface area contributed by atoms with E-state index < -0.39 is 11.7 Å². The van der Waals surface area contributed by atoms with Gasteiger partial charge in [-0.2, -0.15) is 23.1 Å². The third-order valence-corrected chi connectivity index (χ3v) is 2.78. The molecule has 4 N–H and O–H groups in total. The van der Waals surface area contributed by atoms with E-state index in [2.05, 4.69) is 25.3 Å². The lowest BCUT2D eigenvalue weighted by atomic mass is 10.2. The minimum Gasteiger partial charge on any atom is -0.368 e. The SMILES string of the molecule is Nc1nc(Nc2ccc(C(F)(F)F)cc2)c2[nH]cnc2n1. The number of halogens is 3. The van der Waals surface area contributed by atoms with Gasteiger partial charge in [0.05, 0.1) is 11.9 Å². The van der Waals surface area contributed by atoms with Crippen LogP contribution >= 0.6 is 0 Å². The number of hydrogen-bond donors (Lipinski definition) is 3. The van der Waals surface area contributed by atoms with Crippen LogP contribution in [0.2, 0.25) is 0 Å². The van der Waals surface area contributed by atoms with Gasteiger partial charge in [0.1, 0.15) is 5.52 Å². The fourth-order valence-corrected chi connectivity index (χ4v) is 1.82. The summed E-state index contributed by atoms with van der Waals surface area (Å²) in [5.41, 5.74) is 6.16. The molecule has 1 aromatic carbocycles. The number of alkyl halides is 3. The van der Waals surface area contributed by atoms with Gasteiger partial charge in [-0.15, -0.1) is 0 Å². The van der Waals surface area contributed by atoms with E-state index >= 15 is 0 Å². The highest BCUT2D eigenvalue weighted by Crippen LogP contribution is 2.30. The van der Waals surface area contributed by atoms with Crippen molar-refractivity contribution in [1.82, 2.24) is 19.9 Å². The summed E-state index contributed by atoms with van der Waals surface area (Å²) in [4.78, 5) is 14.7. The van der Waals surface area contributed by atoms with Gasteiger partial charge in [0, 0.05) is 5.69 Å². The molecule has 3 rings (SSSR count). The van der Waals surface area contributed by atoms with Crippen LogP contribution in [0.15, 0.2) is 30.6 Å². The van der Waals surface area contributed by atoms with Crippen molar-refractivity contribution in [2.45, 2.75) is 6.18 Å². The molecule has 0 saturated carbocycles. The topological polar surface area (TPSA) is 92.5 Å². The summed E-state index contributed by atoms with van der Waals surface area (Å²) in [6.07, 6.45) is -2.94. The molecule has 0 radical (unpaired) electrons. The van der Waals surface area contributed by atoms with Crippen molar-refractivity contribution in [2.75, 3.05) is 11.1 Å². The zero-order chi connectivity index (χ0) is 15.0. The number of rotatable bonds is 2. The molecule has 21 heavy (non-hydrogen) atoms. The zero-order valence-electron chi connectivity index (χ0n) is 10.4. The Morgan fingerprint density at radius 1 is 1.10 bits per heavy atom. The highest BCUT2D eigenvalue weighted by atomic mass is 19.4. The van der Waals surface area contributed by atoms with Crippen LogP contribution in [0.3, 0.4) is 0 Å². The van der Waals surface area contributed by atoms with E-state index in [1.165, 1.54) is 18.5 Å². The van der Waals surface area contributed by atoms with Gasteiger partial charge in [-0.1, -0.05) is 0 Å². The van der Waals surface area contributed by atoms with Crippen molar-refractivity contribution in [3.8, 4) is 0 Å². The van der Waals surface area contributed by atoms with E-state index in [0.717, 1.165) is 12.1 Å². The Morgan fingerprint density at radius 2 is 1.81 bits per heavy atom. The average Bonchev–Trinajstić information content (AvgIpc) is 2.86. The number of nitrogens with one attached hydrogen (secondary N) is 2. The predicted octanol–water partition coefficient (Wildman–Crippen LogP) is 2.70. The van der Waals surface area contributed by atoms with Gasteiger partial charge in [-0.25, -0.2) is 4.98 Å². The third kappa shape index (κ3) is 2.57. The highest BCUT2D eigenvalue weighted by Gasteiger charge is 2.29. The maximum Gasteiger partial charge on any atom is 0.416 e. The van der Waals surface area contributed by atoms with Crippen molar-refractivity contribution in [3.63, 3.8) is 0 Å². The maximum atomic E-state index is 12.5. The fourth-order valence-electron chi connectivity index (χ4n) is 1.82. The van der Waals surface area contributed by atoms with Gasteiger partial charge in [-0.05, 0) is 24.3 Å². The fraction of sp³-hybridized carbons (Fsp3) is 0.0833. The summed E-state index contributed by atoms with van der Waals surface area (Å²) in [6.45, 7) is 0. The first-order valence-corrected chi connectivity index (χ1v) is 5.84. The number of nitrogens with two attached hydrogens (primary N) is 1. The minimum atomic E-state index is -4.37. The molecule has 6 nitrogen and oxygen atoms in total. The van der Waals surface area contributed by atoms with E-state index in [4.69, 9.17) is 5.73 Å². The number of fused-ring (bicyclic) bond motifs is 1. The summed E-state index contributed by atoms with van der Waals surface area (Å²) in [7, 11) is 0. The second kappa shape index (κ2) is 4.62. The Hall–Kier alpha value is -2.84. The van der Waals surface area contributed by atoms with Crippen LogP contribution in [0.5, 0.6) is 0 Å². The van der Waals surface area contributed by atoms with Crippen molar-refractivity contribution in [3.05, 3.63) is 36.2 Å². The highest BCUT2D eigenvalue weighted by molar-refractivity contribution is 5.85. The molecule has 9 heteroatoms. The summed E-state index contributed by atoms with van der Waals surface area (Å²) < 4.78 is 37.5. The monoisotopic (exact) mass is 294 g/mol. The quantitative estimate of drug-likeness (QED) is 0.675. The molecule has 0 saturated heterocycles. The van der Waals surface area contributed by atoms with E-state index in [1.54, 1.807) is 0 Å². The van der Waals surface area contributed by atoms with Crippen LogP contribution in [0.1, 0.15) is 5.56 Å². The molecular formula is C12H9F3N6. The second-order valence-electron chi connectivity index (χ2n) is 4.23. The van der Waals surface area contributed by atoms with Crippen LogP contribution < -0.4 is 11.1 Å². The smallest absolute Gasteiger partial charge is 0.368 e. The predicted molar refractivity (Wildman–Crippen MR) is 70.8 cm³/mol. The van der Waals surface area contributed by atoms with E-state index in [9.17, 15) is 13.2 Å². The molecule has 0 spiro atoms. The number of aromatic amines is 1. The molecule has 2 aromatic heterocycles. The maximum absolute atomic E-state index is 12.5. The number of imidazole rings is 1. The Bertz CT molecular complexity index is 778. The van der Waals surface area contributed by atoms with Crippen LogP contribution in [0.25, 0.3) is 11.2 Å².